The van der Waals surface area contributed by atoms with Crippen molar-refractivity contribution in [2.24, 2.45) is 40.4 Å². The van der Waals surface area contributed by atoms with Crippen LogP contribution in [0.3, 0.4) is 0 Å². The van der Waals surface area contributed by atoms with Crippen molar-refractivity contribution in [3.05, 3.63) is 11.1 Å². The summed E-state index contributed by atoms with van der Waals surface area (Å²) in [5, 5.41) is 23.2. The minimum atomic E-state index is -1.24. The summed E-state index contributed by atoms with van der Waals surface area (Å²) in [6.45, 7) is 6.35. The number of rotatable bonds is 4. The van der Waals surface area contributed by atoms with Gasteiger partial charge in [0.2, 0.25) is 0 Å². The number of aliphatic hydroxyl groups is 1. The molecule has 6 aliphatic rings. The van der Waals surface area contributed by atoms with E-state index in [-0.39, 0.29) is 36.2 Å². The molecule has 0 amide bonds. The van der Waals surface area contributed by atoms with E-state index in [1.165, 1.54) is 19.4 Å². The Morgan fingerprint density at radius 3 is 2.53 bits per heavy atom. The molecule has 8 nitrogen and oxygen atoms in total. The zero-order valence-corrected chi connectivity index (χ0v) is 20.2. The molecule has 186 valence electrons. The smallest absolute Gasteiger partial charge is 0.307 e. The topological polar surface area (TPSA) is 113 Å². The van der Waals surface area contributed by atoms with Gasteiger partial charge in [0.1, 0.15) is 18.4 Å². The van der Waals surface area contributed by atoms with Gasteiger partial charge in [0.05, 0.1) is 11.3 Å². The molecule has 0 aromatic carbocycles. The van der Waals surface area contributed by atoms with Gasteiger partial charge in [0, 0.05) is 38.3 Å². The van der Waals surface area contributed by atoms with E-state index in [1.54, 1.807) is 0 Å². The van der Waals surface area contributed by atoms with Crippen molar-refractivity contribution < 1.29 is 34.1 Å². The van der Waals surface area contributed by atoms with E-state index in [1.807, 2.05) is 0 Å². The van der Waals surface area contributed by atoms with Gasteiger partial charge in [-0.2, -0.15) is 0 Å². The summed E-state index contributed by atoms with van der Waals surface area (Å²) >= 11 is 0. The van der Waals surface area contributed by atoms with Gasteiger partial charge in [0.15, 0.2) is 0 Å². The van der Waals surface area contributed by atoms with Gasteiger partial charge < -0.3 is 19.7 Å². The first-order valence-corrected chi connectivity index (χ1v) is 12.8. The molecule has 4 fully saturated rings. The molecule has 0 radical (unpaired) electrons. The Bertz CT molecular complexity index is 1010. The lowest BCUT2D eigenvalue weighted by atomic mass is 9.41. The first-order chi connectivity index (χ1) is 16.1. The predicted octanol–water partition coefficient (Wildman–Crippen LogP) is 2.35. The molecule has 0 aromatic heterocycles. The third kappa shape index (κ3) is 2.39. The number of carboxylic acid groups (broad SMARTS) is 1. The van der Waals surface area contributed by atoms with E-state index >= 15 is 0 Å². The highest BCUT2D eigenvalue weighted by Gasteiger charge is 2.84. The Labute approximate surface area is 199 Å². The van der Waals surface area contributed by atoms with Crippen LogP contribution in [0.5, 0.6) is 0 Å². The van der Waals surface area contributed by atoms with E-state index in [4.69, 9.17) is 9.47 Å². The minimum absolute atomic E-state index is 0.0153. The molecule has 4 bridgehead atoms. The second-order valence-corrected chi connectivity index (χ2v) is 11.8. The van der Waals surface area contributed by atoms with Gasteiger partial charge in [-0.1, -0.05) is 18.1 Å². The number of piperidine rings is 1. The van der Waals surface area contributed by atoms with Crippen LogP contribution in [-0.4, -0.2) is 64.5 Å². The summed E-state index contributed by atoms with van der Waals surface area (Å²) in [7, 11) is 0. The Morgan fingerprint density at radius 1 is 1.12 bits per heavy atom. The second-order valence-electron chi connectivity index (χ2n) is 11.8. The van der Waals surface area contributed by atoms with Crippen molar-refractivity contribution >= 4 is 17.9 Å². The fraction of sp³-hybridized carbons (Fsp3) is 0.808. The van der Waals surface area contributed by atoms with Crippen LogP contribution >= 0.6 is 0 Å². The van der Waals surface area contributed by atoms with Crippen molar-refractivity contribution in [1.82, 2.24) is 4.90 Å². The van der Waals surface area contributed by atoms with Crippen molar-refractivity contribution in [3.63, 3.8) is 0 Å². The second kappa shape index (κ2) is 7.06. The average Bonchev–Trinajstić information content (AvgIpc) is 3.37. The molecule has 0 aromatic rings. The molecule has 0 unspecified atom stereocenters. The van der Waals surface area contributed by atoms with Gasteiger partial charge in [0.25, 0.3) is 0 Å². The number of carbonyl (C=O) groups excluding carboxylic acids is 2. The van der Waals surface area contributed by atoms with Crippen LogP contribution in [-0.2, 0) is 23.9 Å². The van der Waals surface area contributed by atoms with Crippen LogP contribution in [0, 0.1) is 40.4 Å². The van der Waals surface area contributed by atoms with E-state index in [9.17, 15) is 24.6 Å². The normalized spacial score (nSPS) is 48.4. The predicted molar refractivity (Wildman–Crippen MR) is 119 cm³/mol. The number of hydrogen-bond acceptors (Lipinski definition) is 7. The van der Waals surface area contributed by atoms with Crippen LogP contribution in [0.15, 0.2) is 11.1 Å². The minimum Gasteiger partial charge on any atom is -0.481 e. The Balaban J connectivity index is 1.68. The molecule has 34 heavy (non-hydrogen) atoms. The zero-order chi connectivity index (χ0) is 24.2. The highest BCUT2D eigenvalue weighted by atomic mass is 16.6. The maximum absolute atomic E-state index is 12.9. The lowest BCUT2D eigenvalue weighted by molar-refractivity contribution is -0.334. The van der Waals surface area contributed by atoms with Crippen LogP contribution in [0.2, 0.25) is 0 Å². The Morgan fingerprint density at radius 2 is 1.85 bits per heavy atom. The van der Waals surface area contributed by atoms with Crippen molar-refractivity contribution in [2.45, 2.75) is 71.1 Å². The van der Waals surface area contributed by atoms with E-state index in [2.05, 4.69) is 11.8 Å². The van der Waals surface area contributed by atoms with E-state index in [0.717, 1.165) is 37.8 Å². The molecule has 4 aliphatic carbocycles. The number of esters is 2. The monoisotopic (exact) mass is 473 g/mol. The third-order valence-corrected chi connectivity index (χ3v) is 10.7. The molecule has 2 N–H and O–H groups in total. The fourth-order valence-electron chi connectivity index (χ4n) is 9.93. The molecule has 8 heteroatoms. The number of hydrogen-bond donors (Lipinski definition) is 2. The molecule has 6 rings (SSSR count). The number of carbonyl (C=O) groups is 3. The molecule has 1 spiro atoms. The van der Waals surface area contributed by atoms with Crippen LogP contribution < -0.4 is 0 Å². The maximum Gasteiger partial charge on any atom is 0.307 e. The molecular weight excluding hydrogens is 438 g/mol. The van der Waals surface area contributed by atoms with Crippen molar-refractivity contribution in [1.29, 1.82) is 0 Å². The lowest BCUT2D eigenvalue weighted by Gasteiger charge is -2.70. The largest absolute Gasteiger partial charge is 0.481 e. The number of ether oxygens (including phenoxy) is 2. The number of nitrogens with zero attached hydrogens (tertiary/aromatic N) is 1. The van der Waals surface area contributed by atoms with Gasteiger partial charge in [-0.05, 0) is 56.3 Å². The molecule has 9 atom stereocenters. The zero-order valence-electron chi connectivity index (χ0n) is 20.2. The van der Waals surface area contributed by atoms with Gasteiger partial charge in [-0.15, -0.1) is 0 Å². The highest BCUT2D eigenvalue weighted by Crippen LogP contribution is 2.79. The van der Waals surface area contributed by atoms with Crippen LogP contribution in [0.1, 0.15) is 59.3 Å². The summed E-state index contributed by atoms with van der Waals surface area (Å²) in [4.78, 5) is 39.4. The van der Waals surface area contributed by atoms with Gasteiger partial charge in [-0.25, -0.2) is 0 Å². The summed E-state index contributed by atoms with van der Waals surface area (Å²) in [6, 6.07) is 0. The standard InChI is InChI=1S/C26H35NO7/c1-13-10-27-11-17-6-4-16-5-7-18-19(23(30)31)9-25(22(16)18)24(17,12-33-14(2)28)21(34-15(3)29)8-20(13)26(25,27)32/h13,17-21,32H,4-12H2,1-3H3,(H,30,31)/t13-,17-,18-,19-,20-,21-,24-,25-,26-/m0/s1. The van der Waals surface area contributed by atoms with E-state index in [0.29, 0.717) is 19.4 Å². The molecular formula is C26H35NO7. The number of aliphatic carboxylic acids is 1. The summed E-state index contributed by atoms with van der Waals surface area (Å²) in [5.74, 6) is -2.30. The van der Waals surface area contributed by atoms with E-state index < -0.39 is 40.5 Å². The number of allylic oxidation sites excluding steroid dienone is 1. The van der Waals surface area contributed by atoms with Crippen molar-refractivity contribution in [2.75, 3.05) is 19.7 Å². The third-order valence-electron chi connectivity index (χ3n) is 10.7. The average molecular weight is 474 g/mol. The van der Waals surface area contributed by atoms with Gasteiger partial charge in [-0.3, -0.25) is 19.3 Å². The molecule has 2 aliphatic heterocycles. The molecule has 2 saturated carbocycles. The summed E-state index contributed by atoms with van der Waals surface area (Å²) in [6.07, 6.45) is 3.63. The maximum atomic E-state index is 12.9. The lowest BCUT2D eigenvalue weighted by Crippen LogP contribution is -2.79. The van der Waals surface area contributed by atoms with Crippen LogP contribution in [0.4, 0.5) is 0 Å². The number of carboxylic acids is 1. The first-order valence-electron chi connectivity index (χ1n) is 12.8. The first kappa shape index (κ1) is 22.5. The highest BCUT2D eigenvalue weighted by molar-refractivity contribution is 5.74. The quantitative estimate of drug-likeness (QED) is 0.473. The van der Waals surface area contributed by atoms with Crippen molar-refractivity contribution in [3.8, 4) is 0 Å². The molecule has 2 saturated heterocycles. The Kier molecular flexibility index (Phi) is 4.68. The van der Waals surface area contributed by atoms with Gasteiger partial charge >= 0.3 is 17.9 Å². The Hall–Kier alpha value is -1.93. The molecule has 2 heterocycles. The summed E-state index contributed by atoms with van der Waals surface area (Å²) < 4.78 is 11.9. The SMILES string of the molecule is CC(=O)OC[C@@]12[C@H]3CCC4=C5[C@@H](CC4)[C@@H](C(=O)O)C[C@]51[C@@]1(O)[C@@H](C[C@@H]2OC(C)=O)[C@@H](C)CN1C3. The summed E-state index contributed by atoms with van der Waals surface area (Å²) in [5.41, 5.74) is -0.599. The fourth-order valence-corrected chi connectivity index (χ4v) is 9.93. The van der Waals surface area contributed by atoms with Crippen LogP contribution in [0.25, 0.3) is 0 Å².